The van der Waals surface area contributed by atoms with E-state index in [0.29, 0.717) is 6.61 Å². The SMILES string of the molecule is CCOC(=O)C[C@H](N)c1cccc(I)c1.Cl. The molecule has 0 fully saturated rings. The Kier molecular flexibility index (Phi) is 7.70. The molecule has 3 nitrogen and oxygen atoms in total. The topological polar surface area (TPSA) is 52.3 Å². The molecule has 0 saturated carbocycles. The predicted octanol–water partition coefficient (Wildman–Crippen LogP) is 2.67. The van der Waals surface area contributed by atoms with Crippen molar-refractivity contribution in [1.82, 2.24) is 0 Å². The van der Waals surface area contributed by atoms with Crippen molar-refractivity contribution in [3.63, 3.8) is 0 Å². The first-order valence-corrected chi connectivity index (χ1v) is 5.88. The van der Waals surface area contributed by atoms with E-state index in [1.54, 1.807) is 6.92 Å². The van der Waals surface area contributed by atoms with Crippen LogP contribution in [0.15, 0.2) is 24.3 Å². The summed E-state index contributed by atoms with van der Waals surface area (Å²) in [7, 11) is 0. The van der Waals surface area contributed by atoms with E-state index in [0.717, 1.165) is 9.13 Å². The Bertz CT molecular complexity index is 347. The van der Waals surface area contributed by atoms with E-state index in [9.17, 15) is 4.79 Å². The Morgan fingerprint density at radius 3 is 2.81 bits per heavy atom. The molecule has 0 unspecified atom stereocenters. The summed E-state index contributed by atoms with van der Waals surface area (Å²) < 4.78 is 5.96. The fraction of sp³-hybridized carbons (Fsp3) is 0.364. The molecule has 0 saturated heterocycles. The van der Waals surface area contributed by atoms with Crippen LogP contribution in [0, 0.1) is 3.57 Å². The minimum Gasteiger partial charge on any atom is -0.466 e. The van der Waals surface area contributed by atoms with Gasteiger partial charge in [0.15, 0.2) is 0 Å². The van der Waals surface area contributed by atoms with Crippen molar-refractivity contribution in [1.29, 1.82) is 0 Å². The van der Waals surface area contributed by atoms with Crippen LogP contribution >= 0.6 is 35.0 Å². The normalized spacial score (nSPS) is 11.4. The van der Waals surface area contributed by atoms with Crippen LogP contribution in [0.4, 0.5) is 0 Å². The van der Waals surface area contributed by atoms with E-state index < -0.39 is 0 Å². The van der Waals surface area contributed by atoms with Gasteiger partial charge in [-0.3, -0.25) is 4.79 Å². The second-order valence-electron chi connectivity index (χ2n) is 3.17. The molecular formula is C11H15ClINO2. The van der Waals surface area contributed by atoms with Gasteiger partial charge in [0.2, 0.25) is 0 Å². The van der Waals surface area contributed by atoms with Crippen molar-refractivity contribution in [3.8, 4) is 0 Å². The molecule has 1 rings (SSSR count). The Morgan fingerprint density at radius 1 is 1.56 bits per heavy atom. The molecule has 16 heavy (non-hydrogen) atoms. The average molecular weight is 356 g/mol. The molecule has 0 spiro atoms. The van der Waals surface area contributed by atoms with Gasteiger partial charge in [-0.2, -0.15) is 0 Å². The molecule has 1 aromatic carbocycles. The number of hydrogen-bond donors (Lipinski definition) is 1. The van der Waals surface area contributed by atoms with E-state index in [1.807, 2.05) is 24.3 Å². The lowest BCUT2D eigenvalue weighted by Gasteiger charge is -2.11. The van der Waals surface area contributed by atoms with Crippen molar-refractivity contribution in [2.75, 3.05) is 6.61 Å². The highest BCUT2D eigenvalue weighted by molar-refractivity contribution is 14.1. The number of carbonyl (C=O) groups is 1. The van der Waals surface area contributed by atoms with E-state index in [-0.39, 0.29) is 30.8 Å². The highest BCUT2D eigenvalue weighted by Gasteiger charge is 2.12. The van der Waals surface area contributed by atoms with Crippen LogP contribution in [-0.4, -0.2) is 12.6 Å². The van der Waals surface area contributed by atoms with Gasteiger partial charge in [0.05, 0.1) is 13.0 Å². The van der Waals surface area contributed by atoms with Crippen molar-refractivity contribution in [2.24, 2.45) is 5.73 Å². The lowest BCUT2D eigenvalue weighted by molar-refractivity contribution is -0.143. The number of benzene rings is 1. The van der Waals surface area contributed by atoms with Gasteiger partial charge in [-0.05, 0) is 47.2 Å². The van der Waals surface area contributed by atoms with Crippen molar-refractivity contribution in [2.45, 2.75) is 19.4 Å². The van der Waals surface area contributed by atoms with Crippen LogP contribution in [0.5, 0.6) is 0 Å². The van der Waals surface area contributed by atoms with Gasteiger partial charge in [-0.25, -0.2) is 0 Å². The molecule has 0 bridgehead atoms. The lowest BCUT2D eigenvalue weighted by atomic mass is 10.1. The number of carbonyl (C=O) groups excluding carboxylic acids is 1. The molecule has 1 atom stereocenters. The fourth-order valence-electron chi connectivity index (χ4n) is 1.25. The maximum absolute atomic E-state index is 11.2. The zero-order chi connectivity index (χ0) is 11.3. The third-order valence-corrected chi connectivity index (χ3v) is 2.64. The molecule has 0 radical (unpaired) electrons. The quantitative estimate of drug-likeness (QED) is 0.667. The average Bonchev–Trinajstić information content (AvgIpc) is 2.18. The van der Waals surface area contributed by atoms with E-state index in [4.69, 9.17) is 10.5 Å². The minimum absolute atomic E-state index is 0. The number of halogens is 2. The summed E-state index contributed by atoms with van der Waals surface area (Å²) in [4.78, 5) is 11.2. The van der Waals surface area contributed by atoms with Crippen molar-refractivity contribution in [3.05, 3.63) is 33.4 Å². The first-order valence-electron chi connectivity index (χ1n) is 4.80. The van der Waals surface area contributed by atoms with Gasteiger partial charge < -0.3 is 10.5 Å². The van der Waals surface area contributed by atoms with Crippen LogP contribution in [0.1, 0.15) is 24.9 Å². The van der Waals surface area contributed by atoms with Crippen LogP contribution in [-0.2, 0) is 9.53 Å². The molecule has 0 aromatic heterocycles. The Morgan fingerprint density at radius 2 is 2.25 bits per heavy atom. The molecule has 0 aliphatic carbocycles. The Hall–Kier alpha value is -0.330. The monoisotopic (exact) mass is 355 g/mol. The van der Waals surface area contributed by atoms with Crippen LogP contribution < -0.4 is 5.73 Å². The smallest absolute Gasteiger partial charge is 0.307 e. The number of ether oxygens (including phenoxy) is 1. The van der Waals surface area contributed by atoms with Crippen molar-refractivity contribution < 1.29 is 9.53 Å². The van der Waals surface area contributed by atoms with Gasteiger partial charge >= 0.3 is 5.97 Å². The molecule has 5 heteroatoms. The van der Waals surface area contributed by atoms with E-state index in [1.165, 1.54) is 0 Å². The van der Waals surface area contributed by atoms with Crippen LogP contribution in [0.2, 0.25) is 0 Å². The standard InChI is InChI=1S/C11H14INO2.ClH/c1-2-15-11(14)7-10(13)8-4-3-5-9(12)6-8;/h3-6,10H,2,7,13H2,1H3;1H/t10-;/m0./s1. The van der Waals surface area contributed by atoms with Crippen molar-refractivity contribution >= 4 is 41.0 Å². The summed E-state index contributed by atoms with van der Waals surface area (Å²) >= 11 is 2.22. The number of hydrogen-bond acceptors (Lipinski definition) is 3. The number of nitrogens with two attached hydrogens (primary N) is 1. The number of rotatable bonds is 4. The van der Waals surface area contributed by atoms with Gasteiger partial charge in [0, 0.05) is 9.61 Å². The highest BCUT2D eigenvalue weighted by atomic mass is 127. The highest BCUT2D eigenvalue weighted by Crippen LogP contribution is 2.17. The van der Waals surface area contributed by atoms with Crippen LogP contribution in [0.3, 0.4) is 0 Å². The second-order valence-corrected chi connectivity index (χ2v) is 4.42. The summed E-state index contributed by atoms with van der Waals surface area (Å²) in [6.07, 6.45) is 0.230. The van der Waals surface area contributed by atoms with Crippen LogP contribution in [0.25, 0.3) is 0 Å². The first kappa shape index (κ1) is 15.7. The predicted molar refractivity (Wildman–Crippen MR) is 74.6 cm³/mol. The second kappa shape index (κ2) is 7.86. The Balaban J connectivity index is 0.00000225. The molecule has 0 aliphatic heterocycles. The maximum atomic E-state index is 11.2. The first-order chi connectivity index (χ1) is 7.13. The summed E-state index contributed by atoms with van der Waals surface area (Å²) in [6, 6.07) is 7.54. The Labute approximate surface area is 115 Å². The lowest BCUT2D eigenvalue weighted by Crippen LogP contribution is -2.17. The molecule has 0 heterocycles. The van der Waals surface area contributed by atoms with E-state index >= 15 is 0 Å². The van der Waals surface area contributed by atoms with Gasteiger partial charge in [-0.1, -0.05) is 12.1 Å². The third kappa shape index (κ3) is 5.14. The fourth-order valence-corrected chi connectivity index (χ4v) is 1.82. The summed E-state index contributed by atoms with van der Waals surface area (Å²) in [5.74, 6) is -0.246. The zero-order valence-electron chi connectivity index (χ0n) is 8.98. The molecular weight excluding hydrogens is 340 g/mol. The number of esters is 1. The van der Waals surface area contributed by atoms with E-state index in [2.05, 4.69) is 22.6 Å². The van der Waals surface area contributed by atoms with Gasteiger partial charge in [0.1, 0.15) is 0 Å². The molecule has 90 valence electrons. The van der Waals surface area contributed by atoms with Gasteiger partial charge in [0.25, 0.3) is 0 Å². The molecule has 2 N–H and O–H groups in total. The molecule has 0 amide bonds. The summed E-state index contributed by atoms with van der Waals surface area (Å²) in [5.41, 5.74) is 6.86. The summed E-state index contributed by atoms with van der Waals surface area (Å²) in [6.45, 7) is 2.19. The van der Waals surface area contributed by atoms with Gasteiger partial charge in [-0.15, -0.1) is 12.4 Å². The zero-order valence-corrected chi connectivity index (χ0v) is 12.0. The summed E-state index contributed by atoms with van der Waals surface area (Å²) in [5, 5.41) is 0. The maximum Gasteiger partial charge on any atom is 0.307 e. The molecule has 0 aliphatic rings. The third-order valence-electron chi connectivity index (χ3n) is 1.97. The molecule has 1 aromatic rings. The minimum atomic E-state index is -0.279. The largest absolute Gasteiger partial charge is 0.466 e.